The van der Waals surface area contributed by atoms with Crippen molar-refractivity contribution in [2.24, 2.45) is 0 Å². The number of nitrogens with zero attached hydrogens (tertiary/aromatic N) is 3. The van der Waals surface area contributed by atoms with E-state index >= 15 is 0 Å². The smallest absolute Gasteiger partial charge is 0.229 e. The Balaban J connectivity index is 1.86. The van der Waals surface area contributed by atoms with E-state index < -0.39 is 0 Å². The van der Waals surface area contributed by atoms with Crippen LogP contribution >= 0.6 is 11.6 Å². The minimum absolute atomic E-state index is 0.437. The van der Waals surface area contributed by atoms with Crippen molar-refractivity contribution in [1.82, 2.24) is 9.97 Å². The van der Waals surface area contributed by atoms with Crippen LogP contribution < -0.4 is 10.6 Å². The van der Waals surface area contributed by atoms with E-state index in [9.17, 15) is 5.26 Å². The topological polar surface area (TPSA) is 73.6 Å². The van der Waals surface area contributed by atoms with E-state index in [2.05, 4.69) is 26.7 Å². The van der Waals surface area contributed by atoms with Gasteiger partial charge in [-0.1, -0.05) is 17.7 Å². The first-order chi connectivity index (χ1) is 10.2. The standard InChI is InChI=1S/C15H14ClN5/c1-18-14-13(16)8-19-15(21-14)20-11-4-5-12(9-2-3-9)10(6-11)7-17/h4-6,8-9H,2-3H2,1H3,(H2,18,19,20,21). The first kappa shape index (κ1) is 13.7. The molecule has 1 heterocycles. The lowest BCUT2D eigenvalue weighted by Gasteiger charge is -2.09. The molecule has 106 valence electrons. The number of aromatic nitrogens is 2. The van der Waals surface area contributed by atoms with Crippen LogP contribution in [0, 0.1) is 11.3 Å². The lowest BCUT2D eigenvalue weighted by molar-refractivity contribution is 1.11. The number of rotatable bonds is 4. The van der Waals surface area contributed by atoms with Gasteiger partial charge in [0.1, 0.15) is 10.8 Å². The highest BCUT2D eigenvalue weighted by atomic mass is 35.5. The number of hydrogen-bond donors (Lipinski definition) is 2. The third-order valence-corrected chi connectivity index (χ3v) is 3.70. The van der Waals surface area contributed by atoms with Gasteiger partial charge in [0, 0.05) is 12.7 Å². The van der Waals surface area contributed by atoms with Crippen molar-refractivity contribution < 1.29 is 0 Å². The molecule has 1 fully saturated rings. The molecular weight excluding hydrogens is 286 g/mol. The molecule has 1 aromatic heterocycles. The van der Waals surface area contributed by atoms with Crippen molar-refractivity contribution in [3.8, 4) is 6.07 Å². The minimum Gasteiger partial charge on any atom is -0.372 e. The number of nitrogens with one attached hydrogen (secondary N) is 2. The molecule has 0 radical (unpaired) electrons. The molecule has 2 aromatic rings. The third kappa shape index (κ3) is 2.91. The maximum Gasteiger partial charge on any atom is 0.229 e. The summed E-state index contributed by atoms with van der Waals surface area (Å²) in [5.41, 5.74) is 2.64. The van der Waals surface area contributed by atoms with Gasteiger partial charge in [-0.2, -0.15) is 10.2 Å². The molecule has 1 saturated carbocycles. The Kier molecular flexibility index (Phi) is 3.63. The second-order valence-electron chi connectivity index (χ2n) is 4.95. The Hall–Kier alpha value is -2.32. The van der Waals surface area contributed by atoms with Crippen LogP contribution in [0.15, 0.2) is 24.4 Å². The zero-order valence-corrected chi connectivity index (χ0v) is 12.3. The first-order valence-corrected chi connectivity index (χ1v) is 7.10. The Labute approximate surface area is 128 Å². The summed E-state index contributed by atoms with van der Waals surface area (Å²) in [5, 5.41) is 15.7. The molecule has 5 nitrogen and oxygen atoms in total. The van der Waals surface area contributed by atoms with Gasteiger partial charge in [-0.3, -0.25) is 0 Å². The molecule has 0 spiro atoms. The predicted octanol–water partition coefficient (Wildman–Crippen LogP) is 3.66. The average molecular weight is 300 g/mol. The van der Waals surface area contributed by atoms with Crippen LogP contribution in [0.3, 0.4) is 0 Å². The molecule has 1 aliphatic carbocycles. The predicted molar refractivity (Wildman–Crippen MR) is 83.0 cm³/mol. The molecule has 0 atom stereocenters. The summed E-state index contributed by atoms with van der Waals surface area (Å²) in [7, 11) is 1.75. The van der Waals surface area contributed by atoms with E-state index in [1.807, 2.05) is 18.2 Å². The fourth-order valence-electron chi connectivity index (χ4n) is 2.21. The molecule has 0 bridgehead atoms. The molecule has 0 saturated heterocycles. The van der Waals surface area contributed by atoms with Gasteiger partial charge in [-0.05, 0) is 36.5 Å². The van der Waals surface area contributed by atoms with E-state index in [0.29, 0.717) is 28.3 Å². The molecule has 21 heavy (non-hydrogen) atoms. The van der Waals surface area contributed by atoms with Gasteiger partial charge in [0.25, 0.3) is 0 Å². The normalized spacial score (nSPS) is 13.6. The van der Waals surface area contributed by atoms with Crippen LogP contribution in [0.5, 0.6) is 0 Å². The highest BCUT2D eigenvalue weighted by Gasteiger charge is 2.26. The zero-order chi connectivity index (χ0) is 14.8. The summed E-state index contributed by atoms with van der Waals surface area (Å²) in [5.74, 6) is 1.55. The summed E-state index contributed by atoms with van der Waals surface area (Å²) < 4.78 is 0. The molecule has 0 amide bonds. The lowest BCUT2D eigenvalue weighted by atomic mass is 10.0. The Morgan fingerprint density at radius 3 is 2.86 bits per heavy atom. The average Bonchev–Trinajstić information content (AvgIpc) is 3.33. The molecule has 0 aliphatic heterocycles. The van der Waals surface area contributed by atoms with Crippen LogP contribution in [0.25, 0.3) is 0 Å². The maximum atomic E-state index is 9.27. The van der Waals surface area contributed by atoms with E-state index in [0.717, 1.165) is 11.3 Å². The Bertz CT molecular complexity index is 718. The molecule has 3 rings (SSSR count). The monoisotopic (exact) mass is 299 g/mol. The van der Waals surface area contributed by atoms with E-state index in [1.54, 1.807) is 7.05 Å². The largest absolute Gasteiger partial charge is 0.372 e. The van der Waals surface area contributed by atoms with Crippen LogP contribution in [0.1, 0.15) is 29.9 Å². The molecular formula is C15H14ClN5. The van der Waals surface area contributed by atoms with Crippen molar-refractivity contribution in [2.45, 2.75) is 18.8 Å². The molecule has 2 N–H and O–H groups in total. The zero-order valence-electron chi connectivity index (χ0n) is 11.5. The molecule has 0 unspecified atom stereocenters. The molecule has 1 aromatic carbocycles. The highest BCUT2D eigenvalue weighted by Crippen LogP contribution is 2.42. The number of anilines is 3. The maximum absolute atomic E-state index is 9.27. The fourth-order valence-corrected chi connectivity index (χ4v) is 2.40. The summed E-state index contributed by atoms with van der Waals surface area (Å²) in [4.78, 5) is 8.39. The molecule has 1 aliphatic rings. The van der Waals surface area contributed by atoms with Gasteiger partial charge in [0.15, 0.2) is 0 Å². The van der Waals surface area contributed by atoms with Gasteiger partial charge >= 0.3 is 0 Å². The third-order valence-electron chi connectivity index (χ3n) is 3.43. The van der Waals surface area contributed by atoms with E-state index in [4.69, 9.17) is 11.6 Å². The summed E-state index contributed by atoms with van der Waals surface area (Å²) in [6.45, 7) is 0. The van der Waals surface area contributed by atoms with Gasteiger partial charge in [0.2, 0.25) is 5.95 Å². The number of benzene rings is 1. The first-order valence-electron chi connectivity index (χ1n) is 6.72. The number of hydrogen-bond acceptors (Lipinski definition) is 5. The van der Waals surface area contributed by atoms with E-state index in [-0.39, 0.29) is 0 Å². The number of halogens is 1. The van der Waals surface area contributed by atoms with Crippen LogP contribution in [0.4, 0.5) is 17.5 Å². The molecule has 6 heteroatoms. The fraction of sp³-hybridized carbons (Fsp3) is 0.267. The van der Waals surface area contributed by atoms with Crippen LogP contribution in [0.2, 0.25) is 5.02 Å². The van der Waals surface area contributed by atoms with E-state index in [1.165, 1.54) is 19.0 Å². The van der Waals surface area contributed by atoms with Crippen molar-refractivity contribution in [3.63, 3.8) is 0 Å². The summed E-state index contributed by atoms with van der Waals surface area (Å²) in [6.07, 6.45) is 3.88. The van der Waals surface area contributed by atoms with Gasteiger partial charge in [-0.15, -0.1) is 0 Å². The Morgan fingerprint density at radius 2 is 2.19 bits per heavy atom. The minimum atomic E-state index is 0.437. The SMILES string of the molecule is CNc1nc(Nc2ccc(C3CC3)c(C#N)c2)ncc1Cl. The van der Waals surface area contributed by atoms with Crippen molar-refractivity contribution in [1.29, 1.82) is 5.26 Å². The second kappa shape index (κ2) is 5.58. The highest BCUT2D eigenvalue weighted by molar-refractivity contribution is 6.32. The second-order valence-corrected chi connectivity index (χ2v) is 5.36. The lowest BCUT2D eigenvalue weighted by Crippen LogP contribution is -2.01. The van der Waals surface area contributed by atoms with Gasteiger partial charge < -0.3 is 10.6 Å². The van der Waals surface area contributed by atoms with Crippen molar-refractivity contribution in [2.75, 3.05) is 17.7 Å². The number of nitriles is 1. The van der Waals surface area contributed by atoms with Crippen molar-refractivity contribution in [3.05, 3.63) is 40.5 Å². The van der Waals surface area contributed by atoms with Crippen molar-refractivity contribution >= 4 is 29.1 Å². The van der Waals surface area contributed by atoms with Crippen LogP contribution in [-0.4, -0.2) is 17.0 Å². The van der Waals surface area contributed by atoms with Crippen LogP contribution in [-0.2, 0) is 0 Å². The quantitative estimate of drug-likeness (QED) is 0.901. The van der Waals surface area contributed by atoms with Gasteiger partial charge in [0.05, 0.1) is 17.8 Å². The summed E-state index contributed by atoms with van der Waals surface area (Å²) >= 11 is 5.95. The Morgan fingerprint density at radius 1 is 1.38 bits per heavy atom. The van der Waals surface area contributed by atoms with Gasteiger partial charge in [-0.25, -0.2) is 4.98 Å². The summed E-state index contributed by atoms with van der Waals surface area (Å²) in [6, 6.07) is 8.06.